The summed E-state index contributed by atoms with van der Waals surface area (Å²) in [6.07, 6.45) is 0. The van der Waals surface area contributed by atoms with Gasteiger partial charge in [0.05, 0.1) is 18.6 Å². The van der Waals surface area contributed by atoms with Gasteiger partial charge in [-0.3, -0.25) is 9.59 Å². The zero-order valence-electron chi connectivity index (χ0n) is 17.7. The molecule has 31 heavy (non-hydrogen) atoms. The number of hydrogen-bond donors (Lipinski definition) is 1. The van der Waals surface area contributed by atoms with E-state index in [2.05, 4.69) is 5.32 Å². The van der Waals surface area contributed by atoms with Crippen molar-refractivity contribution in [3.05, 3.63) is 93.2 Å². The Labute approximate surface area is 186 Å². The van der Waals surface area contributed by atoms with Crippen molar-refractivity contribution in [3.8, 4) is 0 Å². The van der Waals surface area contributed by atoms with Gasteiger partial charge in [0, 0.05) is 30.6 Å². The average Bonchev–Trinajstić information content (AvgIpc) is 3.32. The summed E-state index contributed by atoms with van der Waals surface area (Å²) in [7, 11) is 1.62. The SMILES string of the molecule is COCCN1C(=O)c2ccccc2[C@H](C(=O)NCc2ccc(C)cc2)[C@@H]1c1cccs1. The normalized spacial score (nSPS) is 18.0. The molecule has 2 heterocycles. The Bertz CT molecular complexity index is 1050. The van der Waals surface area contributed by atoms with Crippen molar-refractivity contribution in [2.75, 3.05) is 20.3 Å². The summed E-state index contributed by atoms with van der Waals surface area (Å²) in [5.74, 6) is -0.634. The lowest BCUT2D eigenvalue weighted by Gasteiger charge is -2.41. The van der Waals surface area contributed by atoms with Gasteiger partial charge >= 0.3 is 0 Å². The van der Waals surface area contributed by atoms with E-state index in [1.165, 1.54) is 5.56 Å². The van der Waals surface area contributed by atoms with Crippen molar-refractivity contribution >= 4 is 23.2 Å². The van der Waals surface area contributed by atoms with Crippen LogP contribution in [0.4, 0.5) is 0 Å². The highest BCUT2D eigenvalue weighted by Crippen LogP contribution is 2.44. The molecule has 5 nitrogen and oxygen atoms in total. The van der Waals surface area contributed by atoms with Gasteiger partial charge in [-0.15, -0.1) is 11.3 Å². The van der Waals surface area contributed by atoms with E-state index in [1.54, 1.807) is 23.3 Å². The minimum Gasteiger partial charge on any atom is -0.383 e. The Morgan fingerprint density at radius 1 is 1.10 bits per heavy atom. The smallest absolute Gasteiger partial charge is 0.254 e. The van der Waals surface area contributed by atoms with E-state index >= 15 is 0 Å². The molecule has 0 aliphatic carbocycles. The summed E-state index contributed by atoms with van der Waals surface area (Å²) in [6.45, 7) is 3.32. The van der Waals surface area contributed by atoms with Gasteiger partial charge < -0.3 is 15.0 Å². The van der Waals surface area contributed by atoms with Crippen molar-refractivity contribution in [1.29, 1.82) is 0 Å². The lowest BCUT2D eigenvalue weighted by atomic mass is 9.81. The lowest BCUT2D eigenvalue weighted by molar-refractivity contribution is -0.124. The van der Waals surface area contributed by atoms with Crippen molar-refractivity contribution in [1.82, 2.24) is 10.2 Å². The lowest BCUT2D eigenvalue weighted by Crippen LogP contribution is -2.48. The van der Waals surface area contributed by atoms with Crippen molar-refractivity contribution < 1.29 is 14.3 Å². The van der Waals surface area contributed by atoms with Gasteiger partial charge in [0.1, 0.15) is 0 Å². The van der Waals surface area contributed by atoms with Gasteiger partial charge in [-0.25, -0.2) is 0 Å². The summed E-state index contributed by atoms with van der Waals surface area (Å²) >= 11 is 1.57. The molecule has 160 valence electrons. The van der Waals surface area contributed by atoms with E-state index in [9.17, 15) is 9.59 Å². The predicted octanol–water partition coefficient (Wildman–Crippen LogP) is 4.30. The van der Waals surface area contributed by atoms with Crippen LogP contribution in [0.2, 0.25) is 0 Å². The third-order valence-corrected chi connectivity index (χ3v) is 6.62. The number of hydrogen-bond acceptors (Lipinski definition) is 4. The number of carbonyl (C=O) groups excluding carboxylic acids is 2. The molecule has 6 heteroatoms. The standard InChI is InChI=1S/C25H26N2O3S/c1-17-9-11-18(12-10-17)16-26-24(28)22-19-6-3-4-7-20(19)25(29)27(13-14-30-2)23(22)21-8-5-15-31-21/h3-12,15,22-23H,13-14,16H2,1-2H3,(H,26,28)/t22-,23-/m0/s1. The minimum atomic E-state index is -0.491. The van der Waals surface area contributed by atoms with Crippen LogP contribution in [0.15, 0.2) is 66.0 Å². The second kappa shape index (κ2) is 9.45. The molecule has 4 rings (SSSR count). The van der Waals surface area contributed by atoms with Crippen LogP contribution in [0.25, 0.3) is 0 Å². The molecule has 0 radical (unpaired) electrons. The molecule has 0 spiro atoms. The first-order valence-corrected chi connectivity index (χ1v) is 11.2. The van der Waals surface area contributed by atoms with Crippen molar-refractivity contribution in [2.24, 2.45) is 0 Å². The minimum absolute atomic E-state index is 0.0614. The van der Waals surface area contributed by atoms with E-state index in [0.29, 0.717) is 25.3 Å². The van der Waals surface area contributed by atoms with Gasteiger partial charge in [0.15, 0.2) is 0 Å². The average molecular weight is 435 g/mol. The molecule has 1 aliphatic heterocycles. The topological polar surface area (TPSA) is 58.6 Å². The van der Waals surface area contributed by atoms with Crippen molar-refractivity contribution in [2.45, 2.75) is 25.4 Å². The zero-order valence-corrected chi connectivity index (χ0v) is 18.5. The summed E-state index contributed by atoms with van der Waals surface area (Å²) in [5, 5.41) is 5.09. The first-order valence-electron chi connectivity index (χ1n) is 10.4. The van der Waals surface area contributed by atoms with Gasteiger partial charge in [-0.1, -0.05) is 54.1 Å². The number of nitrogens with one attached hydrogen (secondary N) is 1. The number of fused-ring (bicyclic) bond motifs is 1. The Balaban J connectivity index is 1.70. The quantitative estimate of drug-likeness (QED) is 0.603. The van der Waals surface area contributed by atoms with Crippen LogP contribution in [-0.2, 0) is 16.1 Å². The highest BCUT2D eigenvalue weighted by molar-refractivity contribution is 7.10. The number of carbonyl (C=O) groups is 2. The molecule has 2 atom stereocenters. The number of methoxy groups -OCH3 is 1. The van der Waals surface area contributed by atoms with Gasteiger partial charge in [-0.2, -0.15) is 0 Å². The van der Waals surface area contributed by atoms with E-state index in [1.807, 2.05) is 73.0 Å². The fourth-order valence-electron chi connectivity index (χ4n) is 4.09. The maximum absolute atomic E-state index is 13.6. The molecule has 0 unspecified atom stereocenters. The molecule has 2 aromatic carbocycles. The summed E-state index contributed by atoms with van der Waals surface area (Å²) < 4.78 is 5.27. The highest BCUT2D eigenvalue weighted by atomic mass is 32.1. The number of rotatable bonds is 7. The third-order valence-electron chi connectivity index (χ3n) is 5.68. The molecule has 0 fully saturated rings. The monoisotopic (exact) mass is 434 g/mol. The Morgan fingerprint density at radius 3 is 2.58 bits per heavy atom. The number of aryl methyl sites for hydroxylation is 1. The Morgan fingerprint density at radius 2 is 1.87 bits per heavy atom. The predicted molar refractivity (Wildman–Crippen MR) is 122 cm³/mol. The molecular weight excluding hydrogens is 408 g/mol. The molecule has 2 amide bonds. The zero-order chi connectivity index (χ0) is 21.8. The molecule has 0 saturated carbocycles. The second-order valence-corrected chi connectivity index (χ2v) is 8.70. The van der Waals surface area contributed by atoms with Crippen LogP contribution in [-0.4, -0.2) is 37.0 Å². The number of benzene rings is 2. The van der Waals surface area contributed by atoms with Crippen LogP contribution in [0, 0.1) is 6.92 Å². The van der Waals surface area contributed by atoms with Crippen LogP contribution in [0.3, 0.4) is 0 Å². The maximum Gasteiger partial charge on any atom is 0.254 e. The molecule has 1 aromatic heterocycles. The first kappa shape index (κ1) is 21.3. The number of amides is 2. The van der Waals surface area contributed by atoms with Gasteiger partial charge in [0.2, 0.25) is 5.91 Å². The fraction of sp³-hybridized carbons (Fsp3) is 0.280. The largest absolute Gasteiger partial charge is 0.383 e. The first-order chi connectivity index (χ1) is 15.1. The highest BCUT2D eigenvalue weighted by Gasteiger charge is 2.44. The van der Waals surface area contributed by atoms with E-state index in [-0.39, 0.29) is 17.9 Å². The third kappa shape index (κ3) is 4.40. The summed E-state index contributed by atoms with van der Waals surface area (Å²) in [6, 6.07) is 19.2. The summed E-state index contributed by atoms with van der Waals surface area (Å²) in [4.78, 5) is 29.7. The molecule has 0 bridgehead atoms. The number of ether oxygens (including phenoxy) is 1. The van der Waals surface area contributed by atoms with E-state index in [0.717, 1.165) is 16.0 Å². The molecule has 1 N–H and O–H groups in total. The van der Waals surface area contributed by atoms with Gasteiger partial charge in [0.25, 0.3) is 5.91 Å². The van der Waals surface area contributed by atoms with E-state index < -0.39 is 5.92 Å². The van der Waals surface area contributed by atoms with Crippen LogP contribution in [0.1, 0.15) is 43.9 Å². The molecule has 1 aliphatic rings. The molecule has 3 aromatic rings. The maximum atomic E-state index is 13.6. The fourth-order valence-corrected chi connectivity index (χ4v) is 4.97. The molecular formula is C25H26N2O3S. The summed E-state index contributed by atoms with van der Waals surface area (Å²) in [5.41, 5.74) is 3.59. The second-order valence-electron chi connectivity index (χ2n) is 7.72. The number of thiophene rings is 1. The Hall–Kier alpha value is -2.96. The van der Waals surface area contributed by atoms with Crippen molar-refractivity contribution in [3.63, 3.8) is 0 Å². The van der Waals surface area contributed by atoms with Gasteiger partial charge in [-0.05, 0) is 35.6 Å². The molecule has 0 saturated heterocycles. The van der Waals surface area contributed by atoms with Crippen LogP contribution < -0.4 is 5.32 Å². The Kier molecular flexibility index (Phi) is 6.49. The van der Waals surface area contributed by atoms with Crippen LogP contribution >= 0.6 is 11.3 Å². The number of nitrogens with zero attached hydrogens (tertiary/aromatic N) is 1. The van der Waals surface area contributed by atoms with Crippen LogP contribution in [0.5, 0.6) is 0 Å². The van der Waals surface area contributed by atoms with E-state index in [4.69, 9.17) is 4.74 Å².